The van der Waals surface area contributed by atoms with Gasteiger partial charge in [0.05, 0.1) is 5.56 Å². The summed E-state index contributed by atoms with van der Waals surface area (Å²) >= 11 is 0. The van der Waals surface area contributed by atoms with E-state index in [2.05, 4.69) is 17.2 Å². The molecule has 0 spiro atoms. The number of nitrogens with zero attached hydrogens (tertiary/aromatic N) is 1. The fraction of sp³-hybridized carbons (Fsp3) is 0.600. The van der Waals surface area contributed by atoms with Crippen LogP contribution in [0.4, 0.5) is 5.82 Å². The zero-order chi connectivity index (χ0) is 13.2. The van der Waals surface area contributed by atoms with E-state index in [-0.39, 0.29) is 5.78 Å². The minimum atomic E-state index is 0.182. The summed E-state index contributed by atoms with van der Waals surface area (Å²) < 4.78 is 0. The Labute approximate surface area is 110 Å². The van der Waals surface area contributed by atoms with Gasteiger partial charge >= 0.3 is 0 Å². The monoisotopic (exact) mass is 248 g/mol. The second-order valence-corrected chi connectivity index (χ2v) is 4.56. The number of ketones is 1. The van der Waals surface area contributed by atoms with Crippen LogP contribution < -0.4 is 5.32 Å². The summed E-state index contributed by atoms with van der Waals surface area (Å²) in [5, 5.41) is 3.28. The van der Waals surface area contributed by atoms with Crippen LogP contribution in [0.2, 0.25) is 0 Å². The molecule has 0 atom stereocenters. The van der Waals surface area contributed by atoms with Crippen LogP contribution in [0.1, 0.15) is 62.7 Å². The minimum Gasteiger partial charge on any atom is -0.369 e. The molecule has 0 radical (unpaired) electrons. The van der Waals surface area contributed by atoms with Gasteiger partial charge in [-0.15, -0.1) is 0 Å². The number of carbonyl (C=O) groups is 1. The van der Waals surface area contributed by atoms with E-state index in [1.54, 1.807) is 6.20 Å². The molecule has 1 N–H and O–H groups in total. The van der Waals surface area contributed by atoms with Crippen LogP contribution in [0.25, 0.3) is 0 Å². The SMILES string of the molecule is CCCCCCNc1ncccc1C(=O)CCC. The lowest BCUT2D eigenvalue weighted by molar-refractivity contribution is 0.0982. The van der Waals surface area contributed by atoms with Gasteiger partial charge in [0, 0.05) is 19.2 Å². The van der Waals surface area contributed by atoms with Crippen LogP contribution in [0.5, 0.6) is 0 Å². The molecule has 100 valence electrons. The van der Waals surface area contributed by atoms with Gasteiger partial charge < -0.3 is 5.32 Å². The van der Waals surface area contributed by atoms with Crippen LogP contribution >= 0.6 is 0 Å². The quantitative estimate of drug-likeness (QED) is 0.529. The molecule has 1 rings (SSSR count). The van der Waals surface area contributed by atoms with E-state index >= 15 is 0 Å². The number of unbranched alkanes of at least 4 members (excludes halogenated alkanes) is 3. The van der Waals surface area contributed by atoms with Gasteiger partial charge in [0.1, 0.15) is 5.82 Å². The molecule has 18 heavy (non-hydrogen) atoms. The molecule has 0 fully saturated rings. The Bertz CT molecular complexity index is 363. The first-order valence-corrected chi connectivity index (χ1v) is 7.01. The molecule has 0 bridgehead atoms. The van der Waals surface area contributed by atoms with Gasteiger partial charge in [0.25, 0.3) is 0 Å². The third-order valence-corrected chi connectivity index (χ3v) is 2.91. The number of aromatic nitrogens is 1. The average Bonchev–Trinajstić information content (AvgIpc) is 2.39. The zero-order valence-electron chi connectivity index (χ0n) is 11.5. The predicted octanol–water partition coefficient (Wildman–Crippen LogP) is 4.06. The van der Waals surface area contributed by atoms with Crippen LogP contribution in [0, 0.1) is 0 Å². The highest BCUT2D eigenvalue weighted by molar-refractivity contribution is 6.00. The normalized spacial score (nSPS) is 10.3. The van der Waals surface area contributed by atoms with E-state index in [0.717, 1.165) is 30.8 Å². The molecule has 0 amide bonds. The van der Waals surface area contributed by atoms with Gasteiger partial charge in [-0.25, -0.2) is 4.98 Å². The van der Waals surface area contributed by atoms with E-state index in [0.29, 0.717) is 6.42 Å². The first-order valence-electron chi connectivity index (χ1n) is 7.01. The van der Waals surface area contributed by atoms with Crippen molar-refractivity contribution in [2.24, 2.45) is 0 Å². The van der Waals surface area contributed by atoms with Gasteiger partial charge in [-0.3, -0.25) is 4.79 Å². The van der Waals surface area contributed by atoms with Crippen molar-refractivity contribution in [3.8, 4) is 0 Å². The van der Waals surface area contributed by atoms with Crippen molar-refractivity contribution in [3.05, 3.63) is 23.9 Å². The lowest BCUT2D eigenvalue weighted by atomic mass is 10.1. The summed E-state index contributed by atoms with van der Waals surface area (Å²) in [6.07, 6.45) is 8.08. The highest BCUT2D eigenvalue weighted by Gasteiger charge is 2.10. The molecular formula is C15H24N2O. The Kier molecular flexibility index (Phi) is 7.07. The number of hydrogen-bond acceptors (Lipinski definition) is 3. The Balaban J connectivity index is 2.51. The zero-order valence-corrected chi connectivity index (χ0v) is 11.5. The maximum Gasteiger partial charge on any atom is 0.166 e. The summed E-state index contributed by atoms with van der Waals surface area (Å²) in [5.74, 6) is 0.925. The maximum atomic E-state index is 11.9. The molecule has 0 saturated heterocycles. The molecule has 3 heteroatoms. The molecule has 0 saturated carbocycles. The fourth-order valence-corrected chi connectivity index (χ4v) is 1.89. The average molecular weight is 248 g/mol. The second kappa shape index (κ2) is 8.67. The molecule has 0 aliphatic rings. The molecule has 3 nitrogen and oxygen atoms in total. The molecule has 0 aliphatic carbocycles. The van der Waals surface area contributed by atoms with Crippen molar-refractivity contribution >= 4 is 11.6 Å². The molecule has 1 aromatic heterocycles. The molecule has 1 aromatic rings. The summed E-state index contributed by atoms with van der Waals surface area (Å²) in [4.78, 5) is 16.2. The van der Waals surface area contributed by atoms with Crippen molar-refractivity contribution in [2.75, 3.05) is 11.9 Å². The minimum absolute atomic E-state index is 0.182. The molecular weight excluding hydrogens is 224 g/mol. The topological polar surface area (TPSA) is 42.0 Å². The van der Waals surface area contributed by atoms with E-state index in [4.69, 9.17) is 0 Å². The van der Waals surface area contributed by atoms with Gasteiger partial charge in [0.2, 0.25) is 0 Å². The van der Waals surface area contributed by atoms with Gasteiger partial charge in [-0.2, -0.15) is 0 Å². The third kappa shape index (κ3) is 4.86. The first-order chi connectivity index (χ1) is 8.79. The standard InChI is InChI=1S/C15H24N2O/c1-3-5-6-7-11-16-15-13(10-8-12-17-15)14(18)9-4-2/h8,10,12H,3-7,9,11H2,1-2H3,(H,16,17). The number of rotatable bonds is 9. The summed E-state index contributed by atoms with van der Waals surface area (Å²) in [6, 6.07) is 3.69. The third-order valence-electron chi connectivity index (χ3n) is 2.91. The van der Waals surface area contributed by atoms with Crippen molar-refractivity contribution in [1.82, 2.24) is 4.98 Å². The highest BCUT2D eigenvalue weighted by atomic mass is 16.1. The summed E-state index contributed by atoms with van der Waals surface area (Å²) in [5.41, 5.74) is 0.731. The van der Waals surface area contributed by atoms with E-state index in [1.807, 2.05) is 19.1 Å². The maximum absolute atomic E-state index is 11.9. The Morgan fingerprint density at radius 1 is 1.22 bits per heavy atom. The number of carbonyl (C=O) groups excluding carboxylic acids is 1. The Hall–Kier alpha value is -1.38. The second-order valence-electron chi connectivity index (χ2n) is 4.56. The van der Waals surface area contributed by atoms with E-state index in [1.165, 1.54) is 19.3 Å². The van der Waals surface area contributed by atoms with Crippen molar-refractivity contribution in [3.63, 3.8) is 0 Å². The molecule has 0 aromatic carbocycles. The number of hydrogen-bond donors (Lipinski definition) is 1. The number of Topliss-reactive ketones (excluding diaryl/α,β-unsaturated/α-hetero) is 1. The van der Waals surface area contributed by atoms with Gasteiger partial charge in [-0.1, -0.05) is 33.1 Å². The van der Waals surface area contributed by atoms with Crippen LogP contribution in [-0.2, 0) is 0 Å². The highest BCUT2D eigenvalue weighted by Crippen LogP contribution is 2.15. The lowest BCUT2D eigenvalue weighted by Crippen LogP contribution is -2.09. The smallest absolute Gasteiger partial charge is 0.166 e. The number of anilines is 1. The van der Waals surface area contributed by atoms with Gasteiger partial charge in [-0.05, 0) is 25.0 Å². The fourth-order valence-electron chi connectivity index (χ4n) is 1.89. The molecule has 1 heterocycles. The summed E-state index contributed by atoms with van der Waals surface area (Å²) in [7, 11) is 0. The van der Waals surface area contributed by atoms with Crippen molar-refractivity contribution in [2.45, 2.75) is 52.4 Å². The van der Waals surface area contributed by atoms with Crippen LogP contribution in [0.15, 0.2) is 18.3 Å². The van der Waals surface area contributed by atoms with Gasteiger partial charge in [0.15, 0.2) is 5.78 Å². The Morgan fingerprint density at radius 3 is 2.78 bits per heavy atom. The summed E-state index contributed by atoms with van der Waals surface area (Å²) in [6.45, 7) is 5.11. The van der Waals surface area contributed by atoms with Crippen molar-refractivity contribution < 1.29 is 4.79 Å². The number of nitrogens with one attached hydrogen (secondary N) is 1. The van der Waals surface area contributed by atoms with Crippen LogP contribution in [-0.4, -0.2) is 17.3 Å². The lowest BCUT2D eigenvalue weighted by Gasteiger charge is -2.09. The number of pyridine rings is 1. The predicted molar refractivity (Wildman–Crippen MR) is 76.1 cm³/mol. The van der Waals surface area contributed by atoms with Crippen molar-refractivity contribution in [1.29, 1.82) is 0 Å². The van der Waals surface area contributed by atoms with E-state index < -0.39 is 0 Å². The Morgan fingerprint density at radius 2 is 2.06 bits per heavy atom. The van der Waals surface area contributed by atoms with E-state index in [9.17, 15) is 4.79 Å². The first kappa shape index (κ1) is 14.7. The largest absolute Gasteiger partial charge is 0.369 e. The molecule has 0 unspecified atom stereocenters. The van der Waals surface area contributed by atoms with Crippen LogP contribution in [0.3, 0.4) is 0 Å². The molecule has 0 aliphatic heterocycles.